The zero-order valence-electron chi connectivity index (χ0n) is 23.6. The molecular formula is C31H41Cl2FN4O2. The smallest absolute Gasteiger partial charge is 0.237 e. The minimum Gasteiger partial charge on any atom is -0.355 e. The normalized spacial score (nSPS) is 30.6. The van der Waals surface area contributed by atoms with Gasteiger partial charge in [-0.3, -0.25) is 9.59 Å². The number of nitrogens with zero attached hydrogens (tertiary/aromatic N) is 1. The van der Waals surface area contributed by atoms with E-state index in [4.69, 9.17) is 23.2 Å². The van der Waals surface area contributed by atoms with Gasteiger partial charge in [-0.05, 0) is 68.4 Å². The first-order valence-electron chi connectivity index (χ1n) is 14.6. The lowest BCUT2D eigenvalue weighted by molar-refractivity contribution is -0.129. The Hall–Kier alpha value is -1.93. The van der Waals surface area contributed by atoms with Crippen molar-refractivity contribution in [3.63, 3.8) is 0 Å². The van der Waals surface area contributed by atoms with Crippen molar-refractivity contribution in [2.45, 2.75) is 70.9 Å². The molecule has 3 N–H and O–H groups in total. The Morgan fingerprint density at radius 1 is 1.12 bits per heavy atom. The average Bonchev–Trinajstić information content (AvgIpc) is 2.99. The van der Waals surface area contributed by atoms with E-state index >= 15 is 4.39 Å². The first-order chi connectivity index (χ1) is 19.0. The molecule has 4 aliphatic rings. The van der Waals surface area contributed by atoms with Crippen LogP contribution in [0, 0.1) is 29.0 Å². The maximum atomic E-state index is 15.7. The van der Waals surface area contributed by atoms with Crippen LogP contribution >= 0.6 is 23.2 Å². The Morgan fingerprint density at radius 3 is 2.60 bits per heavy atom. The number of amides is 2. The van der Waals surface area contributed by atoms with Crippen LogP contribution in [0.2, 0.25) is 5.02 Å². The lowest BCUT2D eigenvalue weighted by Crippen LogP contribution is -2.53. The molecule has 0 saturated carbocycles. The molecule has 1 aromatic rings. The van der Waals surface area contributed by atoms with E-state index < -0.39 is 23.7 Å². The van der Waals surface area contributed by atoms with E-state index in [2.05, 4.69) is 41.6 Å². The lowest BCUT2D eigenvalue weighted by atomic mass is 9.64. The van der Waals surface area contributed by atoms with Crippen molar-refractivity contribution >= 4 is 35.0 Å². The monoisotopic (exact) mass is 590 g/mol. The van der Waals surface area contributed by atoms with Gasteiger partial charge in [-0.1, -0.05) is 68.6 Å². The summed E-state index contributed by atoms with van der Waals surface area (Å²) in [6.07, 6.45) is 9.05. The minimum absolute atomic E-state index is 0.0285. The molecule has 1 aromatic carbocycles. The first kappa shape index (κ1) is 29.6. The van der Waals surface area contributed by atoms with Crippen molar-refractivity contribution in [1.82, 2.24) is 20.9 Å². The topological polar surface area (TPSA) is 73.5 Å². The maximum Gasteiger partial charge on any atom is 0.237 e. The summed E-state index contributed by atoms with van der Waals surface area (Å²) in [7, 11) is 0. The van der Waals surface area contributed by atoms with E-state index in [0.717, 1.165) is 38.2 Å². The highest BCUT2D eigenvalue weighted by atomic mass is 35.5. The second-order valence-corrected chi connectivity index (χ2v) is 13.8. The van der Waals surface area contributed by atoms with Crippen molar-refractivity contribution in [1.29, 1.82) is 0 Å². The van der Waals surface area contributed by atoms with Gasteiger partial charge in [0.25, 0.3) is 0 Å². The number of hydrogen-bond acceptors (Lipinski definition) is 4. The Kier molecular flexibility index (Phi) is 8.96. The van der Waals surface area contributed by atoms with Crippen LogP contribution in [0.25, 0.3) is 0 Å². The Morgan fingerprint density at radius 2 is 1.88 bits per heavy atom. The average molecular weight is 592 g/mol. The number of rotatable bonds is 7. The lowest BCUT2D eigenvalue weighted by Gasteiger charge is -2.44. The number of halogens is 3. The van der Waals surface area contributed by atoms with Gasteiger partial charge in [-0.25, -0.2) is 4.39 Å². The number of piperidine rings is 2. The molecule has 6 nitrogen and oxygen atoms in total. The Bertz CT molecular complexity index is 1190. The van der Waals surface area contributed by atoms with Crippen LogP contribution in [0.1, 0.15) is 64.4 Å². The third-order valence-electron chi connectivity index (χ3n) is 8.83. The molecule has 0 spiro atoms. The van der Waals surface area contributed by atoms with Gasteiger partial charge < -0.3 is 20.9 Å². The molecule has 6 atom stereocenters. The van der Waals surface area contributed by atoms with E-state index in [1.54, 1.807) is 12.1 Å². The van der Waals surface area contributed by atoms with Crippen LogP contribution in [0.15, 0.2) is 41.1 Å². The number of allylic oxidation sites excluding steroid dienone is 3. The predicted octanol–water partition coefficient (Wildman–Crippen LogP) is 5.33. The van der Waals surface area contributed by atoms with E-state index in [-0.39, 0.29) is 45.7 Å². The number of carbonyl (C=O) groups is 2. The molecule has 218 valence electrons. The summed E-state index contributed by atoms with van der Waals surface area (Å²) in [5, 5.41) is 10.4. The van der Waals surface area contributed by atoms with Crippen LogP contribution in [0.5, 0.6) is 0 Å². The van der Waals surface area contributed by atoms with E-state index in [9.17, 15) is 9.59 Å². The zero-order chi connectivity index (χ0) is 28.6. The summed E-state index contributed by atoms with van der Waals surface area (Å²) in [5.41, 5.74) is 0.966. The Labute approximate surface area is 247 Å². The van der Waals surface area contributed by atoms with Crippen LogP contribution < -0.4 is 16.0 Å². The van der Waals surface area contributed by atoms with Gasteiger partial charge in [0.05, 0.1) is 17.0 Å². The fourth-order valence-corrected chi connectivity index (χ4v) is 7.65. The predicted molar refractivity (Wildman–Crippen MR) is 157 cm³/mol. The summed E-state index contributed by atoms with van der Waals surface area (Å²) >= 11 is 12.8. The molecule has 5 rings (SSSR count). The highest BCUT2D eigenvalue weighted by Gasteiger charge is 2.55. The number of benzene rings is 1. The molecule has 3 fully saturated rings. The van der Waals surface area contributed by atoms with Crippen LogP contribution in [0.3, 0.4) is 0 Å². The van der Waals surface area contributed by atoms with Crippen LogP contribution in [-0.4, -0.2) is 55.0 Å². The number of nitrogens with one attached hydrogen (secondary N) is 3. The molecule has 1 aliphatic carbocycles. The summed E-state index contributed by atoms with van der Waals surface area (Å²) in [6.45, 7) is 10.1. The highest BCUT2D eigenvalue weighted by Crippen LogP contribution is 2.51. The molecule has 3 saturated heterocycles. The van der Waals surface area contributed by atoms with Gasteiger partial charge in [0.2, 0.25) is 11.8 Å². The summed E-state index contributed by atoms with van der Waals surface area (Å²) in [4.78, 5) is 30.2. The molecule has 2 amide bonds. The standard InChI is InChI=1S/C31H41Cl2FN4O2/c1-31(2,3)17-23-24-20-15-18(32)16-22(24)37-29(39)26(20)25(19-9-7-10-21(33)27(19)34)28(36-23)30(40)35-11-8-14-38-12-5-4-6-13-38/h7,9-10,15-16,20,23-26,28,36H,4-6,8,11-14,17H2,1-3H3,(H,35,40)(H,37,39)/t20?,23-,24?,25-,26-,28-/m1/s1. The van der Waals surface area contributed by atoms with Crippen molar-refractivity contribution in [2.24, 2.45) is 23.2 Å². The largest absolute Gasteiger partial charge is 0.355 e. The van der Waals surface area contributed by atoms with Crippen LogP contribution in [0.4, 0.5) is 4.39 Å². The summed E-state index contributed by atoms with van der Waals surface area (Å²) < 4.78 is 15.7. The molecule has 0 radical (unpaired) electrons. The summed E-state index contributed by atoms with van der Waals surface area (Å²) in [6, 6.07) is 3.85. The SMILES string of the molecule is CC(C)(C)C[C@H]1N[C@@H](C(=O)NCCCN2CCCCC2)[C@H](c2cccc(Cl)c2F)[C@@H]2C(=O)NC3=CC(Cl)=CC2C31. The van der Waals surface area contributed by atoms with Crippen LogP contribution in [-0.2, 0) is 9.59 Å². The number of carbonyl (C=O) groups excluding carboxylic acids is 2. The van der Waals surface area contributed by atoms with Crippen molar-refractivity contribution < 1.29 is 14.0 Å². The van der Waals surface area contributed by atoms with Gasteiger partial charge in [0.15, 0.2) is 0 Å². The molecule has 4 bridgehead atoms. The van der Waals surface area contributed by atoms with Gasteiger partial charge in [-0.2, -0.15) is 0 Å². The molecule has 2 unspecified atom stereocenters. The third-order valence-corrected chi connectivity index (χ3v) is 9.36. The molecule has 40 heavy (non-hydrogen) atoms. The van der Waals surface area contributed by atoms with Gasteiger partial charge in [0.1, 0.15) is 5.82 Å². The van der Waals surface area contributed by atoms with Crippen molar-refractivity contribution in [3.8, 4) is 0 Å². The molecule has 0 aromatic heterocycles. The summed E-state index contributed by atoms with van der Waals surface area (Å²) in [5.74, 6) is -2.92. The van der Waals surface area contributed by atoms with E-state index in [0.29, 0.717) is 11.6 Å². The zero-order valence-corrected chi connectivity index (χ0v) is 25.1. The second kappa shape index (κ2) is 12.1. The Balaban J connectivity index is 1.50. The highest BCUT2D eigenvalue weighted by molar-refractivity contribution is 6.31. The van der Waals surface area contributed by atoms with E-state index in [1.807, 2.05) is 12.2 Å². The number of hydrogen-bond donors (Lipinski definition) is 3. The van der Waals surface area contributed by atoms with Gasteiger partial charge in [0, 0.05) is 41.1 Å². The third kappa shape index (κ3) is 6.28. The fraction of sp³-hybridized carbons (Fsp3) is 0.613. The van der Waals surface area contributed by atoms with Crippen molar-refractivity contribution in [3.05, 3.63) is 57.5 Å². The quantitative estimate of drug-likeness (QED) is 0.375. The fourth-order valence-electron chi connectivity index (χ4n) is 7.21. The minimum atomic E-state index is -0.830. The second-order valence-electron chi connectivity index (χ2n) is 13.0. The maximum absolute atomic E-state index is 15.7. The van der Waals surface area contributed by atoms with E-state index in [1.165, 1.54) is 25.3 Å². The molecular weight excluding hydrogens is 550 g/mol. The molecule has 3 heterocycles. The van der Waals surface area contributed by atoms with Gasteiger partial charge >= 0.3 is 0 Å². The van der Waals surface area contributed by atoms with Crippen molar-refractivity contribution in [2.75, 3.05) is 26.2 Å². The molecule has 9 heteroatoms. The number of likely N-dealkylation sites (tertiary alicyclic amines) is 1. The molecule has 3 aliphatic heterocycles. The van der Waals surface area contributed by atoms with Gasteiger partial charge in [-0.15, -0.1) is 0 Å². The first-order valence-corrected chi connectivity index (χ1v) is 15.4.